The molecule has 0 saturated heterocycles. The fraction of sp³-hybridized carbons (Fsp3) is 0.522. The number of amides is 2. The maximum atomic E-state index is 13.7. The number of thiazole rings is 1. The second kappa shape index (κ2) is 7.97. The molecule has 0 atom stereocenters. The molecule has 5 rings (SSSR count). The zero-order valence-electron chi connectivity index (χ0n) is 17.0. The molecule has 1 aromatic heterocycles. The number of carbonyl (C=O) groups is 2. The molecule has 2 aromatic rings. The first-order valence-corrected chi connectivity index (χ1v) is 12.1. The molecule has 0 spiro atoms. The SMILES string of the molecule is O=C(Nc1nc2c(s1)CN(C(=O)C1(c3ccc(Cl)cc3)CCCC1)CC2)C1CCC1. The average molecular weight is 444 g/mol. The van der Waals surface area contributed by atoms with Crippen molar-refractivity contribution in [3.63, 3.8) is 0 Å². The minimum atomic E-state index is -0.436. The standard InChI is InChI=1S/C23H26ClN3O2S/c24-17-8-6-16(7-9-17)23(11-1-2-12-23)21(29)27-13-10-18-19(14-27)30-22(25-18)26-20(28)15-4-3-5-15/h6-9,15H,1-5,10-14H2,(H,25,26,28). The largest absolute Gasteiger partial charge is 0.336 e. The Morgan fingerprint density at radius 3 is 2.53 bits per heavy atom. The number of hydrogen-bond donors (Lipinski definition) is 1. The van der Waals surface area contributed by atoms with E-state index in [1.165, 1.54) is 11.3 Å². The van der Waals surface area contributed by atoms with Crippen LogP contribution in [0.1, 0.15) is 61.1 Å². The van der Waals surface area contributed by atoms with Crippen LogP contribution < -0.4 is 5.32 Å². The lowest BCUT2D eigenvalue weighted by atomic mass is 9.77. The Balaban J connectivity index is 1.34. The molecule has 2 aliphatic carbocycles. The molecule has 158 valence electrons. The van der Waals surface area contributed by atoms with Gasteiger partial charge in [0.1, 0.15) is 0 Å². The first-order valence-electron chi connectivity index (χ1n) is 10.9. The quantitative estimate of drug-likeness (QED) is 0.728. The second-order valence-electron chi connectivity index (χ2n) is 8.78. The van der Waals surface area contributed by atoms with E-state index in [0.29, 0.717) is 23.2 Å². The van der Waals surface area contributed by atoms with Crippen LogP contribution in [-0.2, 0) is 28.0 Å². The minimum absolute atomic E-state index is 0.0907. The first-order chi connectivity index (χ1) is 14.5. The number of benzene rings is 1. The summed E-state index contributed by atoms with van der Waals surface area (Å²) >= 11 is 7.61. The molecule has 2 fully saturated rings. The van der Waals surface area contributed by atoms with E-state index in [0.717, 1.165) is 67.5 Å². The van der Waals surface area contributed by atoms with Gasteiger partial charge in [-0.3, -0.25) is 9.59 Å². The molecule has 30 heavy (non-hydrogen) atoms. The number of aromatic nitrogens is 1. The number of rotatable bonds is 4. The van der Waals surface area contributed by atoms with E-state index < -0.39 is 5.41 Å². The third kappa shape index (κ3) is 3.54. The van der Waals surface area contributed by atoms with Crippen LogP contribution in [-0.4, -0.2) is 28.2 Å². The lowest BCUT2D eigenvalue weighted by molar-refractivity contribution is -0.138. The Morgan fingerprint density at radius 1 is 1.13 bits per heavy atom. The molecule has 2 heterocycles. The van der Waals surface area contributed by atoms with Gasteiger partial charge in [0.05, 0.1) is 17.7 Å². The number of carbonyl (C=O) groups excluding carboxylic acids is 2. The summed E-state index contributed by atoms with van der Waals surface area (Å²) in [6.45, 7) is 1.27. The highest BCUT2D eigenvalue weighted by molar-refractivity contribution is 7.15. The summed E-state index contributed by atoms with van der Waals surface area (Å²) < 4.78 is 0. The fourth-order valence-electron chi connectivity index (χ4n) is 4.98. The van der Waals surface area contributed by atoms with Crippen molar-refractivity contribution in [3.05, 3.63) is 45.4 Å². The summed E-state index contributed by atoms with van der Waals surface area (Å²) in [5.41, 5.74) is 1.67. The number of nitrogens with one attached hydrogen (secondary N) is 1. The van der Waals surface area contributed by atoms with Crippen LogP contribution in [0.5, 0.6) is 0 Å². The molecule has 7 heteroatoms. The topological polar surface area (TPSA) is 62.3 Å². The van der Waals surface area contributed by atoms with Crippen molar-refractivity contribution in [2.24, 2.45) is 5.92 Å². The molecule has 0 radical (unpaired) electrons. The van der Waals surface area contributed by atoms with Gasteiger partial charge in [-0.25, -0.2) is 4.98 Å². The number of fused-ring (bicyclic) bond motifs is 1. The molecule has 5 nitrogen and oxygen atoms in total. The van der Waals surface area contributed by atoms with Gasteiger partial charge in [-0.2, -0.15) is 0 Å². The molecule has 0 unspecified atom stereocenters. The lowest BCUT2D eigenvalue weighted by Gasteiger charge is -2.36. The molecular formula is C23H26ClN3O2S. The van der Waals surface area contributed by atoms with Crippen LogP contribution in [0.2, 0.25) is 5.02 Å². The lowest BCUT2D eigenvalue weighted by Crippen LogP contribution is -2.47. The smallest absolute Gasteiger partial charge is 0.233 e. The predicted octanol–water partition coefficient (Wildman–Crippen LogP) is 4.93. The van der Waals surface area contributed by atoms with E-state index >= 15 is 0 Å². The van der Waals surface area contributed by atoms with Crippen molar-refractivity contribution in [1.82, 2.24) is 9.88 Å². The van der Waals surface area contributed by atoms with Gasteiger partial charge in [0.2, 0.25) is 11.8 Å². The van der Waals surface area contributed by atoms with Gasteiger partial charge in [-0.1, -0.05) is 54.3 Å². The molecule has 2 saturated carbocycles. The summed E-state index contributed by atoms with van der Waals surface area (Å²) in [5.74, 6) is 0.458. The summed E-state index contributed by atoms with van der Waals surface area (Å²) in [5, 5.41) is 4.37. The van der Waals surface area contributed by atoms with Crippen molar-refractivity contribution < 1.29 is 9.59 Å². The molecule has 2 amide bonds. The Kier molecular flexibility index (Phi) is 5.31. The van der Waals surface area contributed by atoms with E-state index in [9.17, 15) is 9.59 Å². The van der Waals surface area contributed by atoms with Crippen LogP contribution in [0.3, 0.4) is 0 Å². The van der Waals surface area contributed by atoms with E-state index in [-0.39, 0.29) is 17.7 Å². The summed E-state index contributed by atoms with van der Waals surface area (Å²) in [6.07, 6.45) is 7.77. The first kappa shape index (κ1) is 20.0. The van der Waals surface area contributed by atoms with Gasteiger partial charge < -0.3 is 10.2 Å². The fourth-order valence-corrected chi connectivity index (χ4v) is 6.13. The molecule has 1 aliphatic heterocycles. The Bertz CT molecular complexity index is 961. The van der Waals surface area contributed by atoms with E-state index in [1.54, 1.807) is 0 Å². The Hall–Kier alpha value is -1.92. The van der Waals surface area contributed by atoms with Gasteiger partial charge in [0.15, 0.2) is 5.13 Å². The Morgan fingerprint density at radius 2 is 1.87 bits per heavy atom. The van der Waals surface area contributed by atoms with Gasteiger partial charge in [0.25, 0.3) is 0 Å². The predicted molar refractivity (Wildman–Crippen MR) is 119 cm³/mol. The number of hydrogen-bond acceptors (Lipinski definition) is 4. The Labute approximate surface area is 185 Å². The van der Waals surface area contributed by atoms with Gasteiger partial charge in [0, 0.05) is 28.8 Å². The monoisotopic (exact) mass is 443 g/mol. The highest BCUT2D eigenvalue weighted by Crippen LogP contribution is 2.44. The molecule has 3 aliphatic rings. The summed E-state index contributed by atoms with van der Waals surface area (Å²) in [6, 6.07) is 7.81. The summed E-state index contributed by atoms with van der Waals surface area (Å²) in [4.78, 5) is 33.7. The van der Waals surface area contributed by atoms with Gasteiger partial charge in [-0.15, -0.1) is 0 Å². The van der Waals surface area contributed by atoms with Crippen molar-refractivity contribution in [3.8, 4) is 0 Å². The number of anilines is 1. The normalized spacial score (nSPS) is 20.5. The van der Waals surface area contributed by atoms with E-state index in [4.69, 9.17) is 11.6 Å². The molecule has 1 N–H and O–H groups in total. The zero-order chi connectivity index (χ0) is 20.7. The maximum Gasteiger partial charge on any atom is 0.233 e. The van der Waals surface area contributed by atoms with Crippen molar-refractivity contribution in [1.29, 1.82) is 0 Å². The van der Waals surface area contributed by atoms with E-state index in [2.05, 4.69) is 10.3 Å². The highest BCUT2D eigenvalue weighted by atomic mass is 35.5. The van der Waals surface area contributed by atoms with Crippen molar-refractivity contribution in [2.45, 2.75) is 63.3 Å². The summed E-state index contributed by atoms with van der Waals surface area (Å²) in [7, 11) is 0. The van der Waals surface area contributed by atoms with Crippen LogP contribution in [0, 0.1) is 5.92 Å². The van der Waals surface area contributed by atoms with Crippen LogP contribution in [0.15, 0.2) is 24.3 Å². The van der Waals surface area contributed by atoms with Crippen molar-refractivity contribution in [2.75, 3.05) is 11.9 Å². The van der Waals surface area contributed by atoms with E-state index in [1.807, 2.05) is 29.2 Å². The highest BCUT2D eigenvalue weighted by Gasteiger charge is 2.45. The molecule has 1 aromatic carbocycles. The number of halogens is 1. The molecular weight excluding hydrogens is 418 g/mol. The van der Waals surface area contributed by atoms with Crippen LogP contribution >= 0.6 is 22.9 Å². The number of nitrogens with zero attached hydrogens (tertiary/aromatic N) is 2. The minimum Gasteiger partial charge on any atom is -0.336 e. The van der Waals surface area contributed by atoms with Crippen molar-refractivity contribution >= 4 is 39.9 Å². The maximum absolute atomic E-state index is 13.7. The second-order valence-corrected chi connectivity index (χ2v) is 10.3. The zero-order valence-corrected chi connectivity index (χ0v) is 18.5. The van der Waals surface area contributed by atoms with Gasteiger partial charge in [-0.05, 0) is 43.4 Å². The third-order valence-corrected chi connectivity index (χ3v) is 8.24. The van der Waals surface area contributed by atoms with Gasteiger partial charge >= 0.3 is 0 Å². The average Bonchev–Trinajstić information content (AvgIpc) is 3.33. The molecule has 0 bridgehead atoms. The van der Waals surface area contributed by atoms with Crippen LogP contribution in [0.25, 0.3) is 0 Å². The van der Waals surface area contributed by atoms with Crippen LogP contribution in [0.4, 0.5) is 5.13 Å². The third-order valence-electron chi connectivity index (χ3n) is 6.99.